The summed E-state index contributed by atoms with van der Waals surface area (Å²) in [7, 11) is 0. The molecule has 0 aromatic heterocycles. The highest BCUT2D eigenvalue weighted by Gasteiger charge is 2.11. The van der Waals surface area contributed by atoms with Crippen LogP contribution in [0.15, 0.2) is 24.3 Å². The Hall–Kier alpha value is -1.82. The third-order valence-corrected chi connectivity index (χ3v) is 2.46. The predicted octanol–water partition coefficient (Wildman–Crippen LogP) is 1.67. The van der Waals surface area contributed by atoms with Crippen LogP contribution in [0.5, 0.6) is 5.75 Å². The van der Waals surface area contributed by atoms with Gasteiger partial charge in [-0.1, -0.05) is 18.2 Å². The number of hydrogen-bond donors (Lipinski definition) is 3. The highest BCUT2D eigenvalue weighted by atomic mass is 32.1. The molecule has 110 valence electrons. The molecule has 0 aliphatic carbocycles. The van der Waals surface area contributed by atoms with Gasteiger partial charge in [0, 0.05) is 5.54 Å². The van der Waals surface area contributed by atoms with E-state index >= 15 is 0 Å². The van der Waals surface area contributed by atoms with Crippen LogP contribution in [0.25, 0.3) is 0 Å². The molecule has 0 bridgehead atoms. The first-order chi connectivity index (χ1) is 9.28. The van der Waals surface area contributed by atoms with Gasteiger partial charge < -0.3 is 10.1 Å². The third kappa shape index (κ3) is 6.38. The zero-order valence-electron chi connectivity index (χ0n) is 12.2. The first-order valence-electron chi connectivity index (χ1n) is 6.33. The molecule has 6 heteroatoms. The first kappa shape index (κ1) is 16.2. The molecule has 0 radical (unpaired) electrons. The maximum Gasteiger partial charge on any atom is 0.276 e. The van der Waals surface area contributed by atoms with E-state index in [0.717, 1.165) is 5.56 Å². The van der Waals surface area contributed by atoms with Crippen molar-refractivity contribution in [2.75, 3.05) is 6.61 Å². The number of hydrogen-bond acceptors (Lipinski definition) is 3. The van der Waals surface area contributed by atoms with Crippen molar-refractivity contribution in [3.63, 3.8) is 0 Å². The van der Waals surface area contributed by atoms with Crippen LogP contribution in [0.4, 0.5) is 0 Å². The summed E-state index contributed by atoms with van der Waals surface area (Å²) in [6.07, 6.45) is 0. The van der Waals surface area contributed by atoms with Gasteiger partial charge in [0.05, 0.1) is 0 Å². The summed E-state index contributed by atoms with van der Waals surface area (Å²) in [5.41, 5.74) is 5.93. The van der Waals surface area contributed by atoms with E-state index in [1.807, 2.05) is 52.0 Å². The van der Waals surface area contributed by atoms with E-state index in [1.54, 1.807) is 0 Å². The Labute approximate surface area is 125 Å². The van der Waals surface area contributed by atoms with Gasteiger partial charge in [-0.25, -0.2) is 0 Å². The second kappa shape index (κ2) is 7.09. The number of aryl methyl sites for hydroxylation is 1. The molecule has 1 aromatic carbocycles. The van der Waals surface area contributed by atoms with Crippen molar-refractivity contribution in [3.8, 4) is 5.75 Å². The normalized spacial score (nSPS) is 10.6. The Morgan fingerprint density at radius 1 is 1.25 bits per heavy atom. The molecule has 3 N–H and O–H groups in total. The molecule has 0 spiro atoms. The summed E-state index contributed by atoms with van der Waals surface area (Å²) < 4.78 is 5.42. The molecule has 0 saturated heterocycles. The van der Waals surface area contributed by atoms with Crippen LogP contribution < -0.4 is 20.9 Å². The molecule has 0 aliphatic heterocycles. The van der Waals surface area contributed by atoms with Crippen LogP contribution in [0, 0.1) is 6.92 Å². The van der Waals surface area contributed by atoms with Crippen LogP contribution >= 0.6 is 12.2 Å². The average Bonchev–Trinajstić information content (AvgIpc) is 2.33. The number of amides is 1. The standard InChI is InChI=1S/C14H21N3O2S/c1-10-7-5-6-8-11(10)19-9-12(18)16-17-13(20)15-14(2,3)4/h5-8H,9H2,1-4H3,(H,16,18)(H2,15,17,20). The van der Waals surface area contributed by atoms with Gasteiger partial charge in [0.25, 0.3) is 5.91 Å². The van der Waals surface area contributed by atoms with Crippen LogP contribution in [-0.4, -0.2) is 23.2 Å². The number of benzene rings is 1. The molecule has 1 rings (SSSR count). The Morgan fingerprint density at radius 2 is 1.90 bits per heavy atom. The number of hydrazine groups is 1. The molecule has 1 amide bonds. The third-order valence-electron chi connectivity index (χ3n) is 2.26. The summed E-state index contributed by atoms with van der Waals surface area (Å²) in [5.74, 6) is 0.393. The van der Waals surface area contributed by atoms with Crippen LogP contribution in [0.2, 0.25) is 0 Å². The first-order valence-corrected chi connectivity index (χ1v) is 6.74. The summed E-state index contributed by atoms with van der Waals surface area (Å²) in [5, 5.41) is 3.38. The highest BCUT2D eigenvalue weighted by Crippen LogP contribution is 2.15. The van der Waals surface area contributed by atoms with Gasteiger partial charge >= 0.3 is 0 Å². The van der Waals surface area contributed by atoms with Crippen molar-refractivity contribution in [3.05, 3.63) is 29.8 Å². The zero-order chi connectivity index (χ0) is 15.2. The Morgan fingerprint density at radius 3 is 2.50 bits per heavy atom. The Balaban J connectivity index is 2.31. The highest BCUT2D eigenvalue weighted by molar-refractivity contribution is 7.80. The van der Waals surface area contributed by atoms with Gasteiger partial charge in [-0.15, -0.1) is 0 Å². The topological polar surface area (TPSA) is 62.4 Å². The average molecular weight is 295 g/mol. The van der Waals surface area contributed by atoms with Gasteiger partial charge in [-0.2, -0.15) is 0 Å². The smallest absolute Gasteiger partial charge is 0.276 e. The van der Waals surface area contributed by atoms with Gasteiger partial charge in [-0.3, -0.25) is 15.6 Å². The fourth-order valence-electron chi connectivity index (χ4n) is 1.40. The quantitative estimate of drug-likeness (QED) is 0.585. The molecule has 0 heterocycles. The van der Waals surface area contributed by atoms with Crippen molar-refractivity contribution >= 4 is 23.2 Å². The summed E-state index contributed by atoms with van der Waals surface area (Å²) in [6.45, 7) is 7.78. The molecule has 1 aromatic rings. The molecule has 5 nitrogen and oxygen atoms in total. The lowest BCUT2D eigenvalue weighted by Gasteiger charge is -2.23. The summed E-state index contributed by atoms with van der Waals surface area (Å²) in [4.78, 5) is 11.6. The summed E-state index contributed by atoms with van der Waals surface area (Å²) >= 11 is 5.04. The van der Waals surface area contributed by atoms with E-state index < -0.39 is 0 Å². The number of thiocarbonyl (C=S) groups is 1. The van der Waals surface area contributed by atoms with Crippen LogP contribution in [0.1, 0.15) is 26.3 Å². The minimum Gasteiger partial charge on any atom is -0.483 e. The van der Waals surface area contributed by atoms with Gasteiger partial charge in [0.15, 0.2) is 11.7 Å². The molecular weight excluding hydrogens is 274 g/mol. The maximum atomic E-state index is 11.6. The number of carbonyl (C=O) groups is 1. The van der Waals surface area contributed by atoms with E-state index in [0.29, 0.717) is 10.9 Å². The van der Waals surface area contributed by atoms with E-state index in [4.69, 9.17) is 17.0 Å². The predicted molar refractivity (Wildman–Crippen MR) is 83.4 cm³/mol. The van der Waals surface area contributed by atoms with Crippen molar-refractivity contribution in [1.82, 2.24) is 16.2 Å². The zero-order valence-corrected chi connectivity index (χ0v) is 13.1. The molecule has 0 saturated carbocycles. The van der Waals surface area contributed by atoms with E-state index in [2.05, 4.69) is 16.2 Å². The lowest BCUT2D eigenvalue weighted by molar-refractivity contribution is -0.123. The largest absolute Gasteiger partial charge is 0.483 e. The molecular formula is C14H21N3O2S. The Bertz CT molecular complexity index is 484. The second-order valence-corrected chi connectivity index (χ2v) is 5.84. The number of carbonyl (C=O) groups excluding carboxylic acids is 1. The van der Waals surface area contributed by atoms with Crippen molar-refractivity contribution in [2.24, 2.45) is 0 Å². The maximum absolute atomic E-state index is 11.6. The van der Waals surface area contributed by atoms with E-state index in [1.165, 1.54) is 0 Å². The van der Waals surface area contributed by atoms with Crippen molar-refractivity contribution < 1.29 is 9.53 Å². The number of ether oxygens (including phenoxy) is 1. The van der Waals surface area contributed by atoms with Gasteiger partial charge in [0.2, 0.25) is 0 Å². The molecule has 20 heavy (non-hydrogen) atoms. The fourth-order valence-corrected chi connectivity index (χ4v) is 1.75. The Kier molecular flexibility index (Phi) is 5.76. The van der Waals surface area contributed by atoms with Crippen molar-refractivity contribution in [1.29, 1.82) is 0 Å². The van der Waals surface area contributed by atoms with Gasteiger partial charge in [-0.05, 0) is 51.5 Å². The lowest BCUT2D eigenvalue weighted by Crippen LogP contribution is -2.53. The molecule has 0 fully saturated rings. The lowest BCUT2D eigenvalue weighted by atomic mass is 10.1. The SMILES string of the molecule is Cc1ccccc1OCC(=O)NNC(=S)NC(C)(C)C. The van der Waals surface area contributed by atoms with Crippen LogP contribution in [0.3, 0.4) is 0 Å². The molecule has 0 aliphatic rings. The molecule has 0 atom stereocenters. The number of para-hydroxylation sites is 1. The number of rotatable bonds is 3. The molecule has 0 unspecified atom stereocenters. The second-order valence-electron chi connectivity index (χ2n) is 5.43. The fraction of sp³-hybridized carbons (Fsp3) is 0.429. The minimum atomic E-state index is -0.300. The minimum absolute atomic E-state index is 0.0734. The van der Waals surface area contributed by atoms with Crippen LogP contribution in [-0.2, 0) is 4.79 Å². The van der Waals surface area contributed by atoms with E-state index in [-0.39, 0.29) is 18.1 Å². The van der Waals surface area contributed by atoms with E-state index in [9.17, 15) is 4.79 Å². The monoisotopic (exact) mass is 295 g/mol. The number of nitrogens with one attached hydrogen (secondary N) is 3. The van der Waals surface area contributed by atoms with Gasteiger partial charge in [0.1, 0.15) is 5.75 Å². The van der Waals surface area contributed by atoms with Crippen molar-refractivity contribution in [2.45, 2.75) is 33.2 Å². The summed E-state index contributed by atoms with van der Waals surface area (Å²) in [6, 6.07) is 7.52.